The quantitative estimate of drug-likeness (QED) is 0.823. The highest BCUT2D eigenvalue weighted by molar-refractivity contribution is 7.92. The molecule has 0 aliphatic carbocycles. The first-order chi connectivity index (χ1) is 12.5. The highest BCUT2D eigenvalue weighted by atomic mass is 32.2. The monoisotopic (exact) mass is 376 g/mol. The van der Waals surface area contributed by atoms with E-state index in [1.165, 1.54) is 12.4 Å². The first-order valence-electron chi connectivity index (χ1n) is 8.78. The molecule has 0 radical (unpaired) electrons. The van der Waals surface area contributed by atoms with Gasteiger partial charge in [-0.1, -0.05) is 18.2 Å². The zero-order valence-electron chi connectivity index (χ0n) is 14.6. The second-order valence-electron chi connectivity index (χ2n) is 6.89. The van der Waals surface area contributed by atoms with Crippen LogP contribution in [-0.4, -0.2) is 43.8 Å². The zero-order valence-corrected chi connectivity index (χ0v) is 15.4. The Morgan fingerprint density at radius 2 is 1.81 bits per heavy atom. The number of aromatic nitrogens is 2. The molecule has 138 valence electrons. The molecule has 0 atom stereocenters. The fourth-order valence-electron chi connectivity index (χ4n) is 4.02. The van der Waals surface area contributed by atoms with Crippen molar-refractivity contribution in [3.63, 3.8) is 0 Å². The van der Waals surface area contributed by atoms with E-state index in [1.54, 1.807) is 11.2 Å². The number of nitrogens with zero attached hydrogens (tertiary/aromatic N) is 4. The molecular weight excluding hydrogens is 355 g/mol. The smallest absolute Gasteiger partial charge is 0.234 e. The summed E-state index contributed by atoms with van der Waals surface area (Å²) < 4.78 is 39.8. The van der Waals surface area contributed by atoms with E-state index in [0.29, 0.717) is 25.6 Å². The molecule has 6 nitrogen and oxygen atoms in total. The Labute approximate surface area is 152 Å². The predicted molar refractivity (Wildman–Crippen MR) is 98.4 cm³/mol. The lowest BCUT2D eigenvalue weighted by Gasteiger charge is -2.39. The lowest BCUT2D eigenvalue weighted by atomic mass is 9.74. The van der Waals surface area contributed by atoms with Crippen LogP contribution in [0.25, 0.3) is 0 Å². The molecule has 0 N–H and O–H groups in total. The summed E-state index contributed by atoms with van der Waals surface area (Å²) in [6, 6.07) is 7.80. The van der Waals surface area contributed by atoms with E-state index in [4.69, 9.17) is 0 Å². The van der Waals surface area contributed by atoms with Crippen molar-refractivity contribution in [2.45, 2.75) is 25.2 Å². The maximum Gasteiger partial charge on any atom is 0.234 e. The number of hydrogen-bond donors (Lipinski definition) is 0. The largest absolute Gasteiger partial charge is 0.341 e. The van der Waals surface area contributed by atoms with Crippen molar-refractivity contribution in [2.75, 3.05) is 34.6 Å². The summed E-state index contributed by atoms with van der Waals surface area (Å²) >= 11 is 0. The van der Waals surface area contributed by atoms with E-state index in [-0.39, 0.29) is 11.2 Å². The predicted octanol–water partition coefficient (Wildman–Crippen LogP) is 2.32. The van der Waals surface area contributed by atoms with E-state index in [0.717, 1.165) is 24.1 Å². The van der Waals surface area contributed by atoms with Gasteiger partial charge in [-0.3, -0.25) is 4.31 Å². The van der Waals surface area contributed by atoms with Crippen LogP contribution in [0.5, 0.6) is 0 Å². The molecule has 1 aromatic carbocycles. The number of rotatable bonds is 3. The first-order valence-corrected chi connectivity index (χ1v) is 10.4. The summed E-state index contributed by atoms with van der Waals surface area (Å²) in [5.41, 5.74) is 1.73. The molecule has 1 saturated heterocycles. The van der Waals surface area contributed by atoms with Gasteiger partial charge >= 0.3 is 0 Å². The van der Waals surface area contributed by atoms with E-state index in [1.807, 2.05) is 29.2 Å². The lowest BCUT2D eigenvalue weighted by Crippen LogP contribution is -2.46. The Hall–Kier alpha value is -2.22. The molecule has 1 aromatic heterocycles. The lowest BCUT2D eigenvalue weighted by molar-refractivity contribution is 0.354. The molecular formula is C18H21FN4O2S. The number of hydrogen-bond acceptors (Lipinski definition) is 5. The number of sulfonamides is 1. The minimum atomic E-state index is -3.30. The molecule has 2 aliphatic rings. The van der Waals surface area contributed by atoms with Crippen molar-refractivity contribution >= 4 is 21.7 Å². The number of fused-ring (bicyclic) bond motifs is 2. The molecule has 0 unspecified atom stereocenters. The van der Waals surface area contributed by atoms with E-state index in [9.17, 15) is 12.8 Å². The minimum absolute atomic E-state index is 0.0902. The van der Waals surface area contributed by atoms with Gasteiger partial charge < -0.3 is 4.90 Å². The van der Waals surface area contributed by atoms with Crippen LogP contribution >= 0.6 is 0 Å². The standard InChI is InChI=1S/C18H21FN4O2S/c1-2-26(24,25)23-13-18(15-5-3-4-6-16(15)23)7-9-22(10-8-18)17-20-11-14(19)12-21-17/h3-6,11-12H,2,7-10,13H2,1H3. The van der Waals surface area contributed by atoms with Gasteiger partial charge in [0.15, 0.2) is 5.82 Å². The van der Waals surface area contributed by atoms with Gasteiger partial charge in [0.2, 0.25) is 16.0 Å². The number of para-hydroxylation sites is 1. The SMILES string of the molecule is CCS(=O)(=O)N1CC2(CCN(c3ncc(F)cn3)CC2)c2ccccc21. The normalized spacial score (nSPS) is 19.0. The third-order valence-electron chi connectivity index (χ3n) is 5.50. The third-order valence-corrected chi connectivity index (χ3v) is 7.23. The van der Waals surface area contributed by atoms with Crippen molar-refractivity contribution < 1.29 is 12.8 Å². The Morgan fingerprint density at radius 3 is 2.46 bits per heavy atom. The average molecular weight is 376 g/mol. The van der Waals surface area contributed by atoms with E-state index < -0.39 is 15.8 Å². The highest BCUT2D eigenvalue weighted by Crippen LogP contribution is 2.48. The second-order valence-corrected chi connectivity index (χ2v) is 9.07. The van der Waals surface area contributed by atoms with Crippen molar-refractivity contribution in [2.24, 2.45) is 0 Å². The van der Waals surface area contributed by atoms with Crippen LogP contribution in [0.2, 0.25) is 0 Å². The van der Waals surface area contributed by atoms with Crippen molar-refractivity contribution in [3.8, 4) is 0 Å². The van der Waals surface area contributed by atoms with Gasteiger partial charge in [0.25, 0.3) is 0 Å². The maximum atomic E-state index is 13.0. The van der Waals surface area contributed by atoms with Gasteiger partial charge in [0.1, 0.15) is 0 Å². The zero-order chi connectivity index (χ0) is 18.4. The van der Waals surface area contributed by atoms with Gasteiger partial charge in [-0.05, 0) is 31.4 Å². The Morgan fingerprint density at radius 1 is 1.15 bits per heavy atom. The summed E-state index contributed by atoms with van der Waals surface area (Å²) in [4.78, 5) is 10.2. The molecule has 3 heterocycles. The third kappa shape index (κ3) is 2.72. The Balaban J connectivity index is 1.61. The Bertz CT molecular complexity index is 909. The molecule has 0 amide bonds. The fourth-order valence-corrected chi connectivity index (χ4v) is 5.23. The topological polar surface area (TPSA) is 66.4 Å². The van der Waals surface area contributed by atoms with Crippen LogP contribution in [0.1, 0.15) is 25.3 Å². The summed E-state index contributed by atoms with van der Waals surface area (Å²) in [5.74, 6) is 0.158. The summed E-state index contributed by atoms with van der Waals surface area (Å²) in [7, 11) is -3.30. The molecule has 1 spiro atoms. The van der Waals surface area contributed by atoms with Crippen molar-refractivity contribution in [1.82, 2.24) is 9.97 Å². The average Bonchev–Trinajstić information content (AvgIpc) is 2.99. The van der Waals surface area contributed by atoms with E-state index >= 15 is 0 Å². The van der Waals surface area contributed by atoms with Crippen LogP contribution in [0.3, 0.4) is 0 Å². The van der Waals surface area contributed by atoms with E-state index in [2.05, 4.69) is 9.97 Å². The molecule has 0 saturated carbocycles. The summed E-state index contributed by atoms with van der Waals surface area (Å²) in [5, 5.41) is 0. The minimum Gasteiger partial charge on any atom is -0.341 e. The van der Waals surface area contributed by atoms with Crippen molar-refractivity contribution in [1.29, 1.82) is 0 Å². The van der Waals surface area contributed by atoms with Crippen LogP contribution in [0.4, 0.5) is 16.0 Å². The fraction of sp³-hybridized carbons (Fsp3) is 0.444. The molecule has 2 aromatic rings. The van der Waals surface area contributed by atoms with Crippen LogP contribution < -0.4 is 9.21 Å². The number of anilines is 2. The molecule has 26 heavy (non-hydrogen) atoms. The molecule has 4 rings (SSSR count). The number of benzene rings is 1. The van der Waals surface area contributed by atoms with Gasteiger partial charge in [-0.15, -0.1) is 0 Å². The molecule has 8 heteroatoms. The van der Waals surface area contributed by atoms with Gasteiger partial charge in [0.05, 0.1) is 23.8 Å². The maximum absolute atomic E-state index is 13.0. The van der Waals surface area contributed by atoms with Crippen LogP contribution in [0, 0.1) is 5.82 Å². The molecule has 0 bridgehead atoms. The highest BCUT2D eigenvalue weighted by Gasteiger charge is 2.47. The van der Waals surface area contributed by atoms with Crippen LogP contribution in [-0.2, 0) is 15.4 Å². The summed E-state index contributed by atoms with van der Waals surface area (Å²) in [6.45, 7) is 3.58. The summed E-state index contributed by atoms with van der Waals surface area (Å²) in [6.07, 6.45) is 3.96. The molecule has 1 fully saturated rings. The molecule has 2 aliphatic heterocycles. The first kappa shape index (κ1) is 17.2. The van der Waals surface area contributed by atoms with Crippen molar-refractivity contribution in [3.05, 3.63) is 48.0 Å². The van der Waals surface area contributed by atoms with Gasteiger partial charge in [-0.2, -0.15) is 0 Å². The Kier molecular flexibility index (Phi) is 4.10. The van der Waals surface area contributed by atoms with Gasteiger partial charge in [0, 0.05) is 25.0 Å². The second kappa shape index (κ2) is 6.19. The number of halogens is 1. The number of piperidine rings is 1. The van der Waals surface area contributed by atoms with Crippen LogP contribution in [0.15, 0.2) is 36.7 Å². The van der Waals surface area contributed by atoms with Gasteiger partial charge in [-0.25, -0.2) is 22.8 Å².